The van der Waals surface area contributed by atoms with Crippen LogP contribution in [0.25, 0.3) is 10.8 Å². The number of aromatic amines is 1. The van der Waals surface area contributed by atoms with E-state index in [1.807, 2.05) is 17.5 Å². The summed E-state index contributed by atoms with van der Waals surface area (Å²) in [5.74, 6) is 0.560. The van der Waals surface area contributed by atoms with Crippen LogP contribution in [0.1, 0.15) is 0 Å². The van der Waals surface area contributed by atoms with E-state index in [0.29, 0.717) is 10.7 Å². The largest absolute Gasteiger partial charge is 0.408 e. The highest BCUT2D eigenvalue weighted by Gasteiger charge is 2.02. The fraction of sp³-hybridized carbons (Fsp3) is 0. The molecular weight excluding hydrogens is 180 g/mol. The van der Waals surface area contributed by atoms with Gasteiger partial charge in [0.15, 0.2) is 0 Å². The van der Waals surface area contributed by atoms with Gasteiger partial charge in [-0.1, -0.05) is 6.07 Å². The molecule has 56 valence electrons. The van der Waals surface area contributed by atoms with Gasteiger partial charge in [0.05, 0.1) is 4.88 Å². The first kappa shape index (κ1) is 6.75. The summed E-state index contributed by atoms with van der Waals surface area (Å²) < 4.78 is 5.09. The van der Waals surface area contributed by atoms with Crippen molar-refractivity contribution in [3.8, 4) is 10.8 Å². The molecule has 0 fully saturated rings. The summed E-state index contributed by atoms with van der Waals surface area (Å²) in [5, 5.41) is 8.40. The Kier molecular flexibility index (Phi) is 1.59. The van der Waals surface area contributed by atoms with Gasteiger partial charge in [-0.2, -0.15) is 0 Å². The third-order valence-electron chi connectivity index (χ3n) is 1.17. The first-order valence-corrected chi connectivity index (χ1v) is 4.24. The summed E-state index contributed by atoms with van der Waals surface area (Å²) >= 11 is 6.29. The zero-order valence-electron chi connectivity index (χ0n) is 5.40. The predicted octanol–water partition coefficient (Wildman–Crippen LogP) is 2.46. The van der Waals surface area contributed by atoms with Gasteiger partial charge in [0.2, 0.25) is 0 Å². The third-order valence-corrected chi connectivity index (χ3v) is 2.20. The first-order chi connectivity index (χ1) is 5.36. The van der Waals surface area contributed by atoms with Crippen LogP contribution in [-0.4, -0.2) is 10.2 Å². The minimum atomic E-state index is 0.313. The van der Waals surface area contributed by atoms with E-state index in [1.165, 1.54) is 0 Å². The molecule has 0 unspecified atom stereocenters. The highest BCUT2D eigenvalue weighted by molar-refractivity contribution is 7.71. The van der Waals surface area contributed by atoms with Crippen molar-refractivity contribution in [2.75, 3.05) is 0 Å². The molecule has 5 heteroatoms. The zero-order chi connectivity index (χ0) is 7.68. The second-order valence-electron chi connectivity index (χ2n) is 1.90. The summed E-state index contributed by atoms with van der Waals surface area (Å²) in [6.45, 7) is 0. The van der Waals surface area contributed by atoms with Gasteiger partial charge in [-0.15, -0.1) is 16.4 Å². The average molecular weight is 184 g/mol. The monoisotopic (exact) mass is 184 g/mol. The molecule has 0 aliphatic rings. The highest BCUT2D eigenvalue weighted by atomic mass is 32.1. The lowest BCUT2D eigenvalue weighted by molar-refractivity contribution is 0.553. The van der Waals surface area contributed by atoms with Crippen LogP contribution in [0.5, 0.6) is 0 Å². The summed E-state index contributed by atoms with van der Waals surface area (Å²) in [4.78, 5) is 1.30. The Balaban J connectivity index is 2.53. The van der Waals surface area contributed by atoms with Crippen molar-refractivity contribution in [2.45, 2.75) is 0 Å². The zero-order valence-corrected chi connectivity index (χ0v) is 7.04. The maximum atomic E-state index is 5.09. The maximum Gasteiger partial charge on any atom is 0.284 e. The molecule has 0 saturated carbocycles. The van der Waals surface area contributed by atoms with E-state index in [9.17, 15) is 0 Å². The molecule has 0 atom stereocenters. The normalized spacial score (nSPS) is 10.2. The van der Waals surface area contributed by atoms with Crippen LogP contribution < -0.4 is 0 Å². The molecule has 0 spiro atoms. The molecule has 0 saturated heterocycles. The standard InChI is InChI=1S/C6H4N2OS2/c10-6-8-7-5(9-6)4-2-1-3-11-4/h1-3H,(H,8,10). The van der Waals surface area contributed by atoms with Crippen LogP contribution in [0, 0.1) is 4.84 Å². The molecule has 3 nitrogen and oxygen atoms in total. The van der Waals surface area contributed by atoms with Crippen molar-refractivity contribution in [3.63, 3.8) is 0 Å². The Bertz CT molecular complexity index is 387. The molecule has 2 aromatic heterocycles. The number of nitrogens with zero attached hydrogens (tertiary/aromatic N) is 1. The summed E-state index contributed by atoms with van der Waals surface area (Å²) in [7, 11) is 0. The fourth-order valence-electron chi connectivity index (χ4n) is 0.736. The van der Waals surface area contributed by atoms with E-state index in [1.54, 1.807) is 11.3 Å². The van der Waals surface area contributed by atoms with E-state index in [-0.39, 0.29) is 0 Å². The molecule has 0 radical (unpaired) electrons. The van der Waals surface area contributed by atoms with Gasteiger partial charge in [0.1, 0.15) is 0 Å². The minimum Gasteiger partial charge on any atom is -0.408 e. The molecule has 0 amide bonds. The average Bonchev–Trinajstić information content (AvgIpc) is 2.55. The molecule has 1 N–H and O–H groups in total. The van der Waals surface area contributed by atoms with Gasteiger partial charge in [-0.05, 0) is 23.7 Å². The number of H-pyrrole nitrogens is 1. The number of hydrogen-bond acceptors (Lipinski definition) is 4. The van der Waals surface area contributed by atoms with Crippen molar-refractivity contribution < 1.29 is 4.42 Å². The smallest absolute Gasteiger partial charge is 0.284 e. The van der Waals surface area contributed by atoms with Crippen LogP contribution >= 0.6 is 23.6 Å². The van der Waals surface area contributed by atoms with Gasteiger partial charge >= 0.3 is 0 Å². The Morgan fingerprint density at radius 2 is 2.55 bits per heavy atom. The van der Waals surface area contributed by atoms with Crippen molar-refractivity contribution in [1.82, 2.24) is 10.2 Å². The Morgan fingerprint density at radius 3 is 3.09 bits per heavy atom. The lowest BCUT2D eigenvalue weighted by atomic mass is 10.5. The van der Waals surface area contributed by atoms with Crippen LogP contribution in [0.2, 0.25) is 0 Å². The van der Waals surface area contributed by atoms with Gasteiger partial charge in [-0.25, -0.2) is 5.10 Å². The second kappa shape index (κ2) is 2.60. The van der Waals surface area contributed by atoms with Crippen LogP contribution in [-0.2, 0) is 0 Å². The van der Waals surface area contributed by atoms with E-state index < -0.39 is 0 Å². The number of aromatic nitrogens is 2. The molecular formula is C6H4N2OS2. The lowest BCUT2D eigenvalue weighted by Gasteiger charge is -1.81. The molecule has 2 heterocycles. The Labute approximate surface area is 71.7 Å². The molecule has 0 bridgehead atoms. The topological polar surface area (TPSA) is 41.8 Å². The number of thiophene rings is 1. The van der Waals surface area contributed by atoms with Crippen LogP contribution in [0.15, 0.2) is 21.9 Å². The fourth-order valence-corrected chi connectivity index (χ4v) is 1.51. The second-order valence-corrected chi connectivity index (χ2v) is 3.21. The molecule has 2 rings (SSSR count). The summed E-state index contributed by atoms with van der Waals surface area (Å²) in [6, 6.07) is 3.87. The summed E-state index contributed by atoms with van der Waals surface area (Å²) in [5.41, 5.74) is 0. The van der Waals surface area contributed by atoms with Gasteiger partial charge in [-0.3, -0.25) is 0 Å². The molecule has 0 aliphatic carbocycles. The number of nitrogens with one attached hydrogen (secondary N) is 1. The van der Waals surface area contributed by atoms with E-state index >= 15 is 0 Å². The predicted molar refractivity (Wildman–Crippen MR) is 45.0 cm³/mol. The number of rotatable bonds is 1. The maximum absolute atomic E-state index is 5.09. The van der Waals surface area contributed by atoms with E-state index in [2.05, 4.69) is 10.2 Å². The van der Waals surface area contributed by atoms with Crippen LogP contribution in [0.4, 0.5) is 0 Å². The Morgan fingerprint density at radius 1 is 1.64 bits per heavy atom. The van der Waals surface area contributed by atoms with E-state index in [4.69, 9.17) is 16.6 Å². The van der Waals surface area contributed by atoms with Crippen LogP contribution in [0.3, 0.4) is 0 Å². The van der Waals surface area contributed by atoms with Gasteiger partial charge < -0.3 is 4.42 Å². The van der Waals surface area contributed by atoms with E-state index in [0.717, 1.165) is 4.88 Å². The minimum absolute atomic E-state index is 0.313. The lowest BCUT2D eigenvalue weighted by Crippen LogP contribution is -1.69. The first-order valence-electron chi connectivity index (χ1n) is 2.95. The van der Waals surface area contributed by atoms with Crippen molar-refractivity contribution in [3.05, 3.63) is 22.4 Å². The van der Waals surface area contributed by atoms with Gasteiger partial charge in [0.25, 0.3) is 10.7 Å². The van der Waals surface area contributed by atoms with Crippen molar-refractivity contribution >= 4 is 23.6 Å². The molecule has 0 aliphatic heterocycles. The summed E-state index contributed by atoms with van der Waals surface area (Å²) in [6.07, 6.45) is 0. The molecule has 11 heavy (non-hydrogen) atoms. The van der Waals surface area contributed by atoms with Crippen molar-refractivity contribution in [1.29, 1.82) is 0 Å². The van der Waals surface area contributed by atoms with Gasteiger partial charge in [0, 0.05) is 0 Å². The molecule has 2 aromatic rings. The Hall–Kier alpha value is -0.940. The van der Waals surface area contributed by atoms with Crippen molar-refractivity contribution in [2.24, 2.45) is 0 Å². The molecule has 0 aromatic carbocycles. The highest BCUT2D eigenvalue weighted by Crippen LogP contribution is 2.21. The number of hydrogen-bond donors (Lipinski definition) is 1. The SMILES string of the molecule is S=c1[nH]nc(-c2cccs2)o1. The third kappa shape index (κ3) is 1.24. The quantitative estimate of drug-likeness (QED) is 0.692.